The van der Waals surface area contributed by atoms with Gasteiger partial charge in [-0.1, -0.05) is 22.0 Å². The second-order valence-electron chi connectivity index (χ2n) is 6.10. The largest absolute Gasteiger partial charge is 0.481 e. The lowest BCUT2D eigenvalue weighted by atomic mass is 9.80. The Morgan fingerprint density at radius 2 is 2.00 bits per heavy atom. The van der Waals surface area contributed by atoms with E-state index in [0.29, 0.717) is 19.4 Å². The number of carboxylic acids is 1. The summed E-state index contributed by atoms with van der Waals surface area (Å²) in [6, 6.07) is 7.33. The summed E-state index contributed by atoms with van der Waals surface area (Å²) in [5, 5.41) is 11.7. The minimum absolute atomic E-state index is 0.0692. The first-order valence-corrected chi connectivity index (χ1v) is 8.32. The highest BCUT2D eigenvalue weighted by Gasteiger charge is 2.39. The number of nitrogens with zero attached hydrogens (tertiary/aromatic N) is 1. The number of anilines is 1. The van der Waals surface area contributed by atoms with E-state index in [4.69, 9.17) is 5.11 Å². The molecule has 0 bridgehead atoms. The van der Waals surface area contributed by atoms with Crippen molar-refractivity contribution in [2.75, 3.05) is 11.4 Å². The lowest BCUT2D eigenvalue weighted by molar-refractivity contribution is -0.146. The highest BCUT2D eigenvalue weighted by molar-refractivity contribution is 9.10. The van der Waals surface area contributed by atoms with Gasteiger partial charge in [0.1, 0.15) is 0 Å². The van der Waals surface area contributed by atoms with Crippen LogP contribution in [0.5, 0.6) is 0 Å². The predicted octanol–water partition coefficient (Wildman–Crippen LogP) is 1.78. The monoisotopic (exact) mass is 380 g/mol. The van der Waals surface area contributed by atoms with E-state index in [0.717, 1.165) is 10.2 Å². The van der Waals surface area contributed by atoms with Crippen molar-refractivity contribution >= 4 is 39.4 Å². The van der Waals surface area contributed by atoms with Gasteiger partial charge in [-0.2, -0.15) is 0 Å². The molecule has 0 radical (unpaired) electrons. The van der Waals surface area contributed by atoms with Crippen molar-refractivity contribution in [3.8, 4) is 0 Å². The van der Waals surface area contributed by atoms with Crippen LogP contribution in [0.4, 0.5) is 5.69 Å². The Hall–Kier alpha value is -1.89. The van der Waals surface area contributed by atoms with E-state index in [1.807, 2.05) is 24.3 Å². The standard InChI is InChI=1S/C16H17BrN2O4/c17-11-2-1-3-13(7-11)19-8-10(6-14(19)20)15(21)18-12-4-9(5-12)16(22)23/h1-3,7,9-10,12H,4-6,8H2,(H,18,21)(H,22,23). The van der Waals surface area contributed by atoms with E-state index < -0.39 is 5.97 Å². The number of carboxylic acid groups (broad SMARTS) is 1. The summed E-state index contributed by atoms with van der Waals surface area (Å²) >= 11 is 3.37. The molecule has 2 amide bonds. The maximum absolute atomic E-state index is 12.3. The third kappa shape index (κ3) is 3.39. The molecule has 2 fully saturated rings. The minimum atomic E-state index is -0.813. The first-order chi connectivity index (χ1) is 10.9. The molecule has 1 aliphatic carbocycles. The molecule has 0 aromatic heterocycles. The molecule has 7 heteroatoms. The number of carbonyl (C=O) groups excluding carboxylic acids is 2. The second kappa shape index (κ2) is 6.31. The molecule has 3 rings (SSSR count). The SMILES string of the molecule is O=C(O)C1CC(NC(=O)C2CC(=O)N(c3cccc(Br)c3)C2)C1. The number of halogens is 1. The lowest BCUT2D eigenvalue weighted by Crippen LogP contribution is -2.48. The van der Waals surface area contributed by atoms with Gasteiger partial charge in [0, 0.05) is 29.2 Å². The molecule has 1 atom stereocenters. The lowest BCUT2D eigenvalue weighted by Gasteiger charge is -2.33. The number of carbonyl (C=O) groups is 3. The zero-order valence-corrected chi connectivity index (χ0v) is 14.0. The maximum atomic E-state index is 12.3. The number of amides is 2. The molecule has 0 spiro atoms. The Balaban J connectivity index is 1.57. The van der Waals surface area contributed by atoms with E-state index in [1.165, 1.54) is 0 Å². The van der Waals surface area contributed by atoms with Gasteiger partial charge >= 0.3 is 5.97 Å². The van der Waals surface area contributed by atoms with Gasteiger partial charge in [-0.25, -0.2) is 0 Å². The van der Waals surface area contributed by atoms with Crippen LogP contribution in [0.15, 0.2) is 28.7 Å². The van der Waals surface area contributed by atoms with Gasteiger partial charge in [0.2, 0.25) is 11.8 Å². The van der Waals surface area contributed by atoms with Gasteiger partial charge in [0.05, 0.1) is 11.8 Å². The molecule has 23 heavy (non-hydrogen) atoms. The summed E-state index contributed by atoms with van der Waals surface area (Å²) < 4.78 is 0.880. The Labute approximate surface area is 142 Å². The summed E-state index contributed by atoms with van der Waals surface area (Å²) in [5.74, 6) is -1.79. The van der Waals surface area contributed by atoms with Crippen LogP contribution in [0.1, 0.15) is 19.3 Å². The topological polar surface area (TPSA) is 86.7 Å². The fraction of sp³-hybridized carbons (Fsp3) is 0.438. The average molecular weight is 381 g/mol. The quantitative estimate of drug-likeness (QED) is 0.833. The number of benzene rings is 1. The molecule has 1 aliphatic heterocycles. The van der Waals surface area contributed by atoms with Crippen LogP contribution in [-0.2, 0) is 14.4 Å². The molecule has 1 saturated carbocycles. The van der Waals surface area contributed by atoms with Crippen LogP contribution in [0.25, 0.3) is 0 Å². The van der Waals surface area contributed by atoms with Gasteiger partial charge in [-0.05, 0) is 31.0 Å². The Bertz CT molecular complexity index is 657. The third-order valence-corrected chi connectivity index (χ3v) is 4.94. The summed E-state index contributed by atoms with van der Waals surface area (Å²) in [5.41, 5.74) is 0.772. The first kappa shape index (κ1) is 16.0. The molecule has 1 heterocycles. The van der Waals surface area contributed by atoms with Crippen molar-refractivity contribution in [1.29, 1.82) is 0 Å². The molecule has 6 nitrogen and oxygen atoms in total. The van der Waals surface area contributed by atoms with Crippen molar-refractivity contribution in [2.24, 2.45) is 11.8 Å². The fourth-order valence-corrected chi connectivity index (χ4v) is 3.42. The van der Waals surface area contributed by atoms with Crippen LogP contribution in [-0.4, -0.2) is 35.5 Å². The van der Waals surface area contributed by atoms with Crippen molar-refractivity contribution in [3.63, 3.8) is 0 Å². The second-order valence-corrected chi connectivity index (χ2v) is 7.01. The smallest absolute Gasteiger partial charge is 0.306 e. The van der Waals surface area contributed by atoms with Gasteiger partial charge in [-0.15, -0.1) is 0 Å². The van der Waals surface area contributed by atoms with Gasteiger partial charge in [-0.3, -0.25) is 14.4 Å². The maximum Gasteiger partial charge on any atom is 0.306 e. The summed E-state index contributed by atoms with van der Waals surface area (Å²) in [6.45, 7) is 0.357. The summed E-state index contributed by atoms with van der Waals surface area (Å²) in [4.78, 5) is 36.8. The number of hydrogen-bond acceptors (Lipinski definition) is 3. The highest BCUT2D eigenvalue weighted by atomic mass is 79.9. The van der Waals surface area contributed by atoms with Crippen molar-refractivity contribution < 1.29 is 19.5 Å². The molecular formula is C16H17BrN2O4. The number of hydrogen-bond donors (Lipinski definition) is 2. The van der Waals surface area contributed by atoms with E-state index in [1.54, 1.807) is 4.90 Å². The number of rotatable bonds is 4. The normalized spacial score (nSPS) is 26.7. The van der Waals surface area contributed by atoms with Crippen LogP contribution in [0.3, 0.4) is 0 Å². The summed E-state index contributed by atoms with van der Waals surface area (Å²) in [7, 11) is 0. The van der Waals surface area contributed by atoms with Crippen molar-refractivity contribution in [3.05, 3.63) is 28.7 Å². The molecule has 1 unspecified atom stereocenters. The molecule has 122 valence electrons. The van der Waals surface area contributed by atoms with Crippen molar-refractivity contribution in [2.45, 2.75) is 25.3 Å². The third-order valence-electron chi connectivity index (χ3n) is 4.45. The molecular weight excluding hydrogens is 364 g/mol. The van der Waals surface area contributed by atoms with Crippen LogP contribution in [0.2, 0.25) is 0 Å². The van der Waals surface area contributed by atoms with E-state index >= 15 is 0 Å². The molecule has 1 saturated heterocycles. The molecule has 2 N–H and O–H groups in total. The zero-order chi connectivity index (χ0) is 16.6. The molecule has 1 aromatic carbocycles. The summed E-state index contributed by atoms with van der Waals surface area (Å²) in [6.07, 6.45) is 1.13. The van der Waals surface area contributed by atoms with Crippen molar-refractivity contribution in [1.82, 2.24) is 5.32 Å². The van der Waals surface area contributed by atoms with Gasteiger partial charge < -0.3 is 15.3 Å². The van der Waals surface area contributed by atoms with Crippen LogP contribution in [0, 0.1) is 11.8 Å². The zero-order valence-electron chi connectivity index (χ0n) is 12.4. The Morgan fingerprint density at radius 1 is 1.26 bits per heavy atom. The van der Waals surface area contributed by atoms with E-state index in [-0.39, 0.29) is 36.1 Å². The van der Waals surface area contributed by atoms with Gasteiger partial charge in [0.15, 0.2) is 0 Å². The predicted molar refractivity (Wildman–Crippen MR) is 86.9 cm³/mol. The van der Waals surface area contributed by atoms with E-state index in [9.17, 15) is 14.4 Å². The number of aliphatic carboxylic acids is 1. The molecule has 2 aliphatic rings. The Morgan fingerprint density at radius 3 is 2.65 bits per heavy atom. The fourth-order valence-electron chi connectivity index (χ4n) is 3.03. The first-order valence-electron chi connectivity index (χ1n) is 7.53. The highest BCUT2D eigenvalue weighted by Crippen LogP contribution is 2.30. The van der Waals surface area contributed by atoms with Gasteiger partial charge in [0.25, 0.3) is 0 Å². The average Bonchev–Trinajstić information content (AvgIpc) is 2.84. The Kier molecular flexibility index (Phi) is 4.39. The minimum Gasteiger partial charge on any atom is -0.481 e. The molecule has 1 aromatic rings. The number of nitrogens with one attached hydrogen (secondary N) is 1. The van der Waals surface area contributed by atoms with Crippen LogP contribution < -0.4 is 10.2 Å². The van der Waals surface area contributed by atoms with E-state index in [2.05, 4.69) is 21.2 Å². The van der Waals surface area contributed by atoms with Crippen LogP contribution >= 0.6 is 15.9 Å².